The van der Waals surface area contributed by atoms with Crippen molar-refractivity contribution >= 4 is 5.97 Å². The van der Waals surface area contributed by atoms with Crippen LogP contribution in [0.3, 0.4) is 0 Å². The van der Waals surface area contributed by atoms with E-state index in [-0.39, 0.29) is 5.97 Å². The van der Waals surface area contributed by atoms with Gasteiger partial charge in [0.25, 0.3) is 0 Å². The van der Waals surface area contributed by atoms with Gasteiger partial charge in [-0.2, -0.15) is 0 Å². The van der Waals surface area contributed by atoms with Gasteiger partial charge in [-0.05, 0) is 34.0 Å². The summed E-state index contributed by atoms with van der Waals surface area (Å²) >= 11 is 0. The number of carbonyl (C=O) groups is 1. The van der Waals surface area contributed by atoms with Crippen LogP contribution in [0, 0.1) is 0 Å². The highest BCUT2D eigenvalue weighted by molar-refractivity contribution is 5.69. The molecule has 3 heteroatoms. The maximum Gasteiger partial charge on any atom is 0.305 e. The van der Waals surface area contributed by atoms with Crippen LogP contribution in [0.1, 0.15) is 123 Å². The highest BCUT2D eigenvalue weighted by Gasteiger charge is 2.01. The van der Waals surface area contributed by atoms with Crippen LogP contribution in [0.15, 0.2) is 0 Å². The van der Waals surface area contributed by atoms with E-state index in [0.29, 0.717) is 13.0 Å². The minimum absolute atomic E-state index is 0.0125. The van der Waals surface area contributed by atoms with Gasteiger partial charge in [0, 0.05) is 6.42 Å². The van der Waals surface area contributed by atoms with E-state index in [0.717, 1.165) is 12.8 Å². The summed E-state index contributed by atoms with van der Waals surface area (Å²) in [5.74, 6) is -0.0125. The lowest BCUT2D eigenvalue weighted by molar-refractivity contribution is -0.143. The molecular formula is C24H51NO2. The number of hydrogen-bond acceptors (Lipinski definition) is 3. The highest BCUT2D eigenvalue weighted by atomic mass is 16.5. The lowest BCUT2D eigenvalue weighted by atomic mass is 10.0. The molecule has 0 radical (unpaired) electrons. The Labute approximate surface area is 171 Å². The van der Waals surface area contributed by atoms with Gasteiger partial charge in [-0.15, -0.1) is 0 Å². The number of rotatable bonds is 18. The molecule has 0 saturated carbocycles. The number of unbranched alkanes of at least 4 members (excludes halogenated alkanes) is 14. The summed E-state index contributed by atoms with van der Waals surface area (Å²) in [4.78, 5) is 13.3. The Hall–Kier alpha value is -0.570. The Morgan fingerprint density at radius 1 is 0.593 bits per heavy atom. The fourth-order valence-electron chi connectivity index (χ4n) is 2.93. The molecule has 0 bridgehead atoms. The quantitative estimate of drug-likeness (QED) is 0.182. The van der Waals surface area contributed by atoms with Crippen molar-refractivity contribution in [3.63, 3.8) is 0 Å². The minimum Gasteiger partial charge on any atom is -0.466 e. The molecule has 0 aliphatic heterocycles. The van der Waals surface area contributed by atoms with E-state index < -0.39 is 0 Å². The summed E-state index contributed by atoms with van der Waals surface area (Å²) in [5.41, 5.74) is 0. The van der Waals surface area contributed by atoms with Gasteiger partial charge >= 0.3 is 5.97 Å². The number of carbonyl (C=O) groups excluding carboxylic acids is 1. The van der Waals surface area contributed by atoms with Crippen molar-refractivity contribution in [3.8, 4) is 0 Å². The lowest BCUT2D eigenvalue weighted by Crippen LogP contribution is -2.04. The van der Waals surface area contributed by atoms with E-state index >= 15 is 0 Å². The molecule has 0 amide bonds. The molecule has 0 spiro atoms. The second-order valence-corrected chi connectivity index (χ2v) is 8.26. The standard InChI is InChI=1S/C21H42O2.C3H9N/c1-3-5-6-7-8-9-10-11-12-13-14-15-16-17-18-19-21(22)23-20-4-2;1-4(2)3/h3-20H2,1-2H3;1-3H3. The van der Waals surface area contributed by atoms with E-state index in [9.17, 15) is 4.79 Å². The number of ether oxygens (including phenoxy) is 1. The monoisotopic (exact) mass is 385 g/mol. The topological polar surface area (TPSA) is 29.5 Å². The average Bonchev–Trinajstić information content (AvgIpc) is 2.62. The third-order valence-electron chi connectivity index (χ3n) is 4.45. The zero-order chi connectivity index (χ0) is 20.6. The van der Waals surface area contributed by atoms with E-state index in [4.69, 9.17) is 4.74 Å². The van der Waals surface area contributed by atoms with Crippen molar-refractivity contribution in [1.82, 2.24) is 4.90 Å². The van der Waals surface area contributed by atoms with Crippen LogP contribution >= 0.6 is 0 Å². The van der Waals surface area contributed by atoms with Crippen LogP contribution < -0.4 is 0 Å². The Kier molecular flexibility index (Phi) is 27.0. The molecule has 3 nitrogen and oxygen atoms in total. The molecule has 0 N–H and O–H groups in total. The summed E-state index contributed by atoms with van der Waals surface area (Å²) in [7, 11) is 6.00. The zero-order valence-electron chi connectivity index (χ0n) is 19.5. The lowest BCUT2D eigenvalue weighted by Gasteiger charge is -2.04. The highest BCUT2D eigenvalue weighted by Crippen LogP contribution is 2.13. The van der Waals surface area contributed by atoms with Gasteiger partial charge in [0.1, 0.15) is 0 Å². The summed E-state index contributed by atoms with van der Waals surface area (Å²) in [6, 6.07) is 0. The van der Waals surface area contributed by atoms with Crippen LogP contribution in [0.25, 0.3) is 0 Å². The second kappa shape index (κ2) is 25.4. The van der Waals surface area contributed by atoms with Gasteiger partial charge in [0.05, 0.1) is 6.61 Å². The zero-order valence-corrected chi connectivity index (χ0v) is 19.5. The van der Waals surface area contributed by atoms with Gasteiger partial charge in [-0.3, -0.25) is 4.79 Å². The Morgan fingerprint density at radius 3 is 1.26 bits per heavy atom. The van der Waals surface area contributed by atoms with Crippen molar-refractivity contribution in [3.05, 3.63) is 0 Å². The first-order chi connectivity index (χ1) is 13.0. The molecule has 0 heterocycles. The van der Waals surface area contributed by atoms with Crippen molar-refractivity contribution in [2.24, 2.45) is 0 Å². The van der Waals surface area contributed by atoms with Gasteiger partial charge in [0.15, 0.2) is 0 Å². The molecule has 0 aromatic carbocycles. The van der Waals surface area contributed by atoms with E-state index in [2.05, 4.69) is 6.92 Å². The molecule has 0 aromatic rings. The SMILES string of the molecule is CCCCCCCCCCCCCCCCCC(=O)OCCC.CN(C)C. The van der Waals surface area contributed by atoms with Gasteiger partial charge in [-0.25, -0.2) is 0 Å². The van der Waals surface area contributed by atoms with Crippen LogP contribution in [0.5, 0.6) is 0 Å². The second-order valence-electron chi connectivity index (χ2n) is 8.26. The molecule has 0 saturated heterocycles. The molecule has 27 heavy (non-hydrogen) atoms. The predicted octanol–water partition coefficient (Wildman–Crippen LogP) is 7.38. The first-order valence-electron chi connectivity index (χ1n) is 11.8. The number of hydrogen-bond donors (Lipinski definition) is 0. The summed E-state index contributed by atoms with van der Waals surface area (Å²) in [6.45, 7) is 4.89. The molecular weight excluding hydrogens is 334 g/mol. The molecule has 0 aliphatic rings. The largest absolute Gasteiger partial charge is 0.466 e. The maximum absolute atomic E-state index is 11.3. The molecule has 0 aliphatic carbocycles. The van der Waals surface area contributed by atoms with E-state index in [1.807, 2.05) is 33.0 Å². The first-order valence-corrected chi connectivity index (χ1v) is 11.8. The van der Waals surface area contributed by atoms with Crippen molar-refractivity contribution in [2.75, 3.05) is 27.7 Å². The third-order valence-corrected chi connectivity index (χ3v) is 4.45. The van der Waals surface area contributed by atoms with Crippen LogP contribution in [0.2, 0.25) is 0 Å². The first kappa shape index (κ1) is 28.6. The van der Waals surface area contributed by atoms with Crippen molar-refractivity contribution in [1.29, 1.82) is 0 Å². The molecule has 0 aromatic heterocycles. The summed E-state index contributed by atoms with van der Waals surface area (Å²) < 4.78 is 5.07. The van der Waals surface area contributed by atoms with Crippen LogP contribution in [-0.4, -0.2) is 38.6 Å². The number of nitrogens with zero attached hydrogens (tertiary/aromatic N) is 1. The number of esters is 1. The average molecular weight is 386 g/mol. The van der Waals surface area contributed by atoms with Crippen molar-refractivity contribution < 1.29 is 9.53 Å². The Balaban J connectivity index is 0. The normalized spacial score (nSPS) is 10.6. The maximum atomic E-state index is 11.3. The molecule has 0 fully saturated rings. The Bertz CT molecular complexity index is 277. The Morgan fingerprint density at radius 2 is 0.926 bits per heavy atom. The summed E-state index contributed by atoms with van der Waals surface area (Å²) in [5, 5.41) is 0. The summed E-state index contributed by atoms with van der Waals surface area (Å²) in [6.07, 6.45) is 21.9. The smallest absolute Gasteiger partial charge is 0.305 e. The third kappa shape index (κ3) is 33.4. The fraction of sp³-hybridized carbons (Fsp3) is 0.958. The van der Waals surface area contributed by atoms with Crippen LogP contribution in [0.4, 0.5) is 0 Å². The fourth-order valence-corrected chi connectivity index (χ4v) is 2.93. The minimum atomic E-state index is -0.0125. The van der Waals surface area contributed by atoms with Gasteiger partial charge < -0.3 is 9.64 Å². The van der Waals surface area contributed by atoms with Crippen molar-refractivity contribution in [2.45, 2.75) is 123 Å². The van der Waals surface area contributed by atoms with Gasteiger partial charge in [-0.1, -0.05) is 104 Å². The molecule has 0 unspecified atom stereocenters. The van der Waals surface area contributed by atoms with Gasteiger partial charge in [0.2, 0.25) is 0 Å². The molecule has 0 atom stereocenters. The van der Waals surface area contributed by atoms with E-state index in [1.165, 1.54) is 89.9 Å². The van der Waals surface area contributed by atoms with E-state index in [1.54, 1.807) is 0 Å². The predicted molar refractivity (Wildman–Crippen MR) is 120 cm³/mol. The molecule has 0 rings (SSSR count). The van der Waals surface area contributed by atoms with Crippen LogP contribution in [-0.2, 0) is 9.53 Å². The molecule has 164 valence electrons.